The molecule has 3 nitrogen and oxygen atoms in total. The number of benzene rings is 1. The van der Waals surface area contributed by atoms with Gasteiger partial charge in [0.1, 0.15) is 12.9 Å². The zero-order valence-corrected chi connectivity index (χ0v) is 6.36. The second-order valence-electron chi connectivity index (χ2n) is 2.24. The maximum Gasteiger partial charge on any atom is 0.286 e. The third-order valence-corrected chi connectivity index (χ3v) is 1.39. The highest BCUT2D eigenvalue weighted by Crippen LogP contribution is 2.03. The molecule has 1 aromatic rings. The van der Waals surface area contributed by atoms with Crippen molar-refractivity contribution in [3.05, 3.63) is 35.4 Å². The molecule has 0 amide bonds. The highest BCUT2D eigenvalue weighted by molar-refractivity contribution is 5.74. The molecule has 0 unspecified atom stereocenters. The molecule has 12 heavy (non-hydrogen) atoms. The van der Waals surface area contributed by atoms with Gasteiger partial charge in [0.15, 0.2) is 0 Å². The van der Waals surface area contributed by atoms with Crippen molar-refractivity contribution in [1.82, 2.24) is 0 Å². The first-order valence-corrected chi connectivity index (χ1v) is 3.42. The monoisotopic (exact) mass is 161 g/mol. The van der Waals surface area contributed by atoms with E-state index in [4.69, 9.17) is 5.26 Å². The second-order valence-corrected chi connectivity index (χ2v) is 2.24. The Morgan fingerprint density at radius 2 is 2.42 bits per heavy atom. The molecule has 0 aliphatic carbocycles. The molecule has 0 bridgehead atoms. The summed E-state index contributed by atoms with van der Waals surface area (Å²) in [4.78, 5) is 10.3. The molecular weight excluding hydrogens is 154 g/mol. The van der Waals surface area contributed by atoms with Crippen LogP contribution < -0.4 is 0 Å². The maximum absolute atomic E-state index is 10.3. The van der Waals surface area contributed by atoms with Crippen LogP contribution in [-0.4, -0.2) is 6.29 Å². The molecule has 0 saturated heterocycles. The maximum atomic E-state index is 10.3. The topological polar surface area (TPSA) is 50.1 Å². The van der Waals surface area contributed by atoms with E-state index in [-0.39, 0.29) is 6.61 Å². The van der Waals surface area contributed by atoms with Crippen molar-refractivity contribution in [3.63, 3.8) is 0 Å². The minimum atomic E-state index is 0.220. The fourth-order valence-electron chi connectivity index (χ4n) is 0.872. The Kier molecular flexibility index (Phi) is 2.86. The molecule has 0 spiro atoms. The summed E-state index contributed by atoms with van der Waals surface area (Å²) in [7, 11) is 0. The number of carbonyl (C=O) groups excluding carboxylic acids is 1. The van der Waals surface area contributed by atoms with Crippen molar-refractivity contribution in [3.8, 4) is 6.26 Å². The van der Waals surface area contributed by atoms with E-state index in [1.807, 2.05) is 0 Å². The molecule has 0 N–H and O–H groups in total. The van der Waals surface area contributed by atoms with E-state index in [2.05, 4.69) is 4.74 Å². The summed E-state index contributed by atoms with van der Waals surface area (Å²) >= 11 is 0. The average Bonchev–Trinajstić information content (AvgIpc) is 2.15. The minimum absolute atomic E-state index is 0.220. The molecule has 0 aliphatic heterocycles. The Bertz CT molecular complexity index is 315. The zero-order valence-electron chi connectivity index (χ0n) is 6.36. The first-order valence-electron chi connectivity index (χ1n) is 3.42. The summed E-state index contributed by atoms with van der Waals surface area (Å²) in [5, 5.41) is 8.11. The minimum Gasteiger partial charge on any atom is -0.423 e. The normalized spacial score (nSPS) is 8.58. The molecule has 0 radical (unpaired) electrons. The first kappa shape index (κ1) is 8.28. The van der Waals surface area contributed by atoms with Crippen molar-refractivity contribution in [2.45, 2.75) is 6.61 Å². The van der Waals surface area contributed by atoms with Gasteiger partial charge >= 0.3 is 0 Å². The third-order valence-electron chi connectivity index (χ3n) is 1.39. The Labute approximate surface area is 70.2 Å². The number of nitrogens with zero attached hydrogens (tertiary/aromatic N) is 1. The summed E-state index contributed by atoms with van der Waals surface area (Å²) in [6.45, 7) is 0.220. The largest absolute Gasteiger partial charge is 0.423 e. The predicted molar refractivity (Wildman–Crippen MR) is 42.2 cm³/mol. The van der Waals surface area contributed by atoms with Crippen LogP contribution in [0.5, 0.6) is 0 Å². The molecule has 0 aromatic heterocycles. The summed E-state index contributed by atoms with van der Waals surface area (Å²) in [5.41, 5.74) is 1.41. The molecule has 0 heterocycles. The number of ether oxygens (including phenoxy) is 1. The van der Waals surface area contributed by atoms with Gasteiger partial charge in [0.25, 0.3) is 6.26 Å². The standard InChI is InChI=1S/C9H7NO2/c10-7-12-6-9-3-1-2-8(4-9)5-11/h1-5H,6H2. The van der Waals surface area contributed by atoms with Gasteiger partial charge < -0.3 is 4.74 Å². The highest BCUT2D eigenvalue weighted by atomic mass is 16.5. The van der Waals surface area contributed by atoms with Crippen LogP contribution in [0.2, 0.25) is 0 Å². The highest BCUT2D eigenvalue weighted by Gasteiger charge is 1.94. The van der Waals surface area contributed by atoms with Crippen molar-refractivity contribution in [1.29, 1.82) is 5.26 Å². The molecule has 1 rings (SSSR count). The van der Waals surface area contributed by atoms with Gasteiger partial charge in [-0.25, -0.2) is 0 Å². The molecule has 0 atom stereocenters. The molecule has 0 aliphatic rings. The van der Waals surface area contributed by atoms with Crippen LogP contribution in [0.4, 0.5) is 0 Å². The summed E-state index contributed by atoms with van der Waals surface area (Å²) in [6, 6.07) is 6.93. The van der Waals surface area contributed by atoms with Crippen molar-refractivity contribution < 1.29 is 9.53 Å². The van der Waals surface area contributed by atoms with E-state index in [9.17, 15) is 4.79 Å². The van der Waals surface area contributed by atoms with E-state index < -0.39 is 0 Å². The second kappa shape index (κ2) is 4.14. The fourth-order valence-corrected chi connectivity index (χ4v) is 0.872. The van der Waals surface area contributed by atoms with Crippen LogP contribution >= 0.6 is 0 Å². The van der Waals surface area contributed by atoms with Gasteiger partial charge in [-0.05, 0) is 11.6 Å². The van der Waals surface area contributed by atoms with E-state index in [1.165, 1.54) is 0 Å². The lowest BCUT2D eigenvalue weighted by atomic mass is 10.1. The third kappa shape index (κ3) is 2.10. The Hall–Kier alpha value is -1.82. The van der Waals surface area contributed by atoms with Gasteiger partial charge in [0.05, 0.1) is 0 Å². The number of nitriles is 1. The molecule has 60 valence electrons. The summed E-state index contributed by atoms with van der Waals surface area (Å²) in [5.74, 6) is 0. The van der Waals surface area contributed by atoms with Crippen LogP contribution in [0.3, 0.4) is 0 Å². The molecule has 0 saturated carbocycles. The van der Waals surface area contributed by atoms with Crippen molar-refractivity contribution in [2.75, 3.05) is 0 Å². The molecular formula is C9H7NO2. The Balaban J connectivity index is 2.74. The summed E-state index contributed by atoms with van der Waals surface area (Å²) in [6.07, 6.45) is 2.33. The van der Waals surface area contributed by atoms with Gasteiger partial charge in [-0.1, -0.05) is 18.2 Å². The van der Waals surface area contributed by atoms with E-state index in [1.54, 1.807) is 30.5 Å². The predicted octanol–water partition coefficient (Wildman–Crippen LogP) is 1.50. The molecule has 3 heteroatoms. The number of hydrogen-bond acceptors (Lipinski definition) is 3. The SMILES string of the molecule is N#COCc1cccc(C=O)c1. The average molecular weight is 161 g/mol. The fraction of sp³-hybridized carbons (Fsp3) is 0.111. The van der Waals surface area contributed by atoms with E-state index in [0.29, 0.717) is 5.56 Å². The lowest BCUT2D eigenvalue weighted by Gasteiger charge is -1.97. The van der Waals surface area contributed by atoms with Gasteiger partial charge in [0, 0.05) is 5.56 Å². The van der Waals surface area contributed by atoms with Crippen molar-refractivity contribution >= 4 is 6.29 Å². The lowest BCUT2D eigenvalue weighted by Crippen LogP contribution is -1.88. The lowest BCUT2D eigenvalue weighted by molar-refractivity contribution is 0.112. The number of aldehydes is 1. The van der Waals surface area contributed by atoms with Gasteiger partial charge in [-0.3, -0.25) is 4.79 Å². The van der Waals surface area contributed by atoms with Gasteiger partial charge in [0.2, 0.25) is 0 Å². The van der Waals surface area contributed by atoms with Crippen LogP contribution in [0, 0.1) is 11.5 Å². The van der Waals surface area contributed by atoms with Gasteiger partial charge in [-0.2, -0.15) is 5.26 Å². The van der Waals surface area contributed by atoms with Crippen molar-refractivity contribution in [2.24, 2.45) is 0 Å². The van der Waals surface area contributed by atoms with Gasteiger partial charge in [-0.15, -0.1) is 0 Å². The van der Waals surface area contributed by atoms with Crippen LogP contribution in [-0.2, 0) is 11.3 Å². The zero-order chi connectivity index (χ0) is 8.81. The Morgan fingerprint density at radius 3 is 3.08 bits per heavy atom. The van der Waals surface area contributed by atoms with E-state index >= 15 is 0 Å². The first-order chi connectivity index (χ1) is 5.86. The van der Waals surface area contributed by atoms with E-state index in [0.717, 1.165) is 11.8 Å². The van der Waals surface area contributed by atoms with Crippen LogP contribution in [0.1, 0.15) is 15.9 Å². The Morgan fingerprint density at radius 1 is 1.58 bits per heavy atom. The number of carbonyl (C=O) groups is 1. The number of rotatable bonds is 3. The number of hydrogen-bond donors (Lipinski definition) is 0. The molecule has 1 aromatic carbocycles. The van der Waals surface area contributed by atoms with Crippen LogP contribution in [0.15, 0.2) is 24.3 Å². The summed E-state index contributed by atoms with van der Waals surface area (Å²) < 4.78 is 4.51. The smallest absolute Gasteiger partial charge is 0.286 e. The molecule has 0 fully saturated rings. The quantitative estimate of drug-likeness (QED) is 0.498. The van der Waals surface area contributed by atoms with Crippen LogP contribution in [0.25, 0.3) is 0 Å².